The average Bonchev–Trinajstić information content (AvgIpc) is 3.06. The SMILES string of the molecule is COCc1cc(OS(=O)(=O)c2ccc(NC(C)=O)cc2)n(-c2ccc(Cl)c(Cl)c2)n1. The smallest absolute Gasteiger partial charge is 0.340 e. The van der Waals surface area contributed by atoms with Crippen LogP contribution in [0.2, 0.25) is 10.0 Å². The number of hydrogen-bond acceptors (Lipinski definition) is 6. The molecule has 2 aromatic carbocycles. The van der Waals surface area contributed by atoms with Crippen molar-refractivity contribution in [3.05, 3.63) is 64.3 Å². The summed E-state index contributed by atoms with van der Waals surface area (Å²) >= 11 is 12.0. The number of rotatable bonds is 7. The molecule has 0 spiro atoms. The van der Waals surface area contributed by atoms with Crippen LogP contribution in [0.4, 0.5) is 5.69 Å². The van der Waals surface area contributed by atoms with Gasteiger partial charge in [0, 0.05) is 25.8 Å². The Labute approximate surface area is 183 Å². The lowest BCUT2D eigenvalue weighted by Crippen LogP contribution is -2.13. The number of hydrogen-bond donors (Lipinski definition) is 1. The minimum atomic E-state index is -4.18. The Morgan fingerprint density at radius 1 is 1.10 bits per heavy atom. The molecule has 0 fully saturated rings. The van der Waals surface area contributed by atoms with Crippen molar-refractivity contribution in [2.24, 2.45) is 0 Å². The molecule has 158 valence electrons. The van der Waals surface area contributed by atoms with Crippen molar-refractivity contribution >= 4 is 44.9 Å². The average molecular weight is 470 g/mol. The predicted molar refractivity (Wildman–Crippen MR) is 113 cm³/mol. The monoisotopic (exact) mass is 469 g/mol. The van der Waals surface area contributed by atoms with Crippen LogP contribution in [-0.2, 0) is 26.3 Å². The van der Waals surface area contributed by atoms with Crippen molar-refractivity contribution in [1.29, 1.82) is 0 Å². The summed E-state index contributed by atoms with van der Waals surface area (Å²) in [7, 11) is -2.69. The third-order valence-electron chi connectivity index (χ3n) is 3.83. The van der Waals surface area contributed by atoms with Gasteiger partial charge in [-0.2, -0.15) is 18.2 Å². The molecule has 0 unspecified atom stereocenters. The first-order valence-electron chi connectivity index (χ1n) is 8.55. The molecule has 8 nitrogen and oxygen atoms in total. The Hall–Kier alpha value is -2.59. The summed E-state index contributed by atoms with van der Waals surface area (Å²) in [6.07, 6.45) is 0. The highest BCUT2D eigenvalue weighted by Gasteiger charge is 2.22. The molecule has 0 atom stereocenters. The number of nitrogens with one attached hydrogen (secondary N) is 1. The van der Waals surface area contributed by atoms with E-state index >= 15 is 0 Å². The number of carbonyl (C=O) groups is 1. The van der Waals surface area contributed by atoms with E-state index in [9.17, 15) is 13.2 Å². The third-order valence-corrected chi connectivity index (χ3v) is 5.80. The van der Waals surface area contributed by atoms with E-state index in [4.69, 9.17) is 32.1 Å². The van der Waals surface area contributed by atoms with Crippen LogP contribution in [-0.4, -0.2) is 31.2 Å². The van der Waals surface area contributed by atoms with Gasteiger partial charge >= 0.3 is 10.1 Å². The highest BCUT2D eigenvalue weighted by Crippen LogP contribution is 2.29. The minimum absolute atomic E-state index is 0.0497. The maximum atomic E-state index is 12.8. The molecule has 3 aromatic rings. The van der Waals surface area contributed by atoms with Gasteiger partial charge < -0.3 is 14.2 Å². The summed E-state index contributed by atoms with van der Waals surface area (Å²) in [4.78, 5) is 11.0. The van der Waals surface area contributed by atoms with Gasteiger partial charge in [-0.3, -0.25) is 4.79 Å². The lowest BCUT2D eigenvalue weighted by Gasteiger charge is -2.10. The van der Waals surface area contributed by atoms with Gasteiger partial charge in [-0.05, 0) is 42.5 Å². The van der Waals surface area contributed by atoms with Crippen LogP contribution < -0.4 is 9.50 Å². The zero-order valence-corrected chi connectivity index (χ0v) is 18.3. The van der Waals surface area contributed by atoms with E-state index < -0.39 is 10.1 Å². The molecule has 1 heterocycles. The summed E-state index contributed by atoms with van der Waals surface area (Å²) in [5.74, 6) is -0.315. The lowest BCUT2D eigenvalue weighted by atomic mass is 10.3. The van der Waals surface area contributed by atoms with Crippen molar-refractivity contribution in [2.45, 2.75) is 18.4 Å². The van der Waals surface area contributed by atoms with Gasteiger partial charge in [0.2, 0.25) is 11.8 Å². The number of halogens is 2. The molecule has 0 aliphatic carbocycles. The fourth-order valence-electron chi connectivity index (χ4n) is 2.56. The van der Waals surface area contributed by atoms with E-state index in [0.29, 0.717) is 22.1 Å². The minimum Gasteiger partial charge on any atom is -0.378 e. The van der Waals surface area contributed by atoms with E-state index in [2.05, 4.69) is 10.4 Å². The number of methoxy groups -OCH3 is 1. The topological polar surface area (TPSA) is 99.5 Å². The fourth-order valence-corrected chi connectivity index (χ4v) is 3.76. The highest BCUT2D eigenvalue weighted by atomic mass is 35.5. The standard InChI is InChI=1S/C19H17Cl2N3O5S/c1-12(25)22-13-3-6-16(7-4-13)30(26,27)29-19-9-14(11-28-2)23-24(19)15-5-8-17(20)18(21)10-15/h3-10H,11H2,1-2H3,(H,22,25). The number of benzene rings is 2. The van der Waals surface area contributed by atoms with Crippen LogP contribution >= 0.6 is 23.2 Å². The maximum absolute atomic E-state index is 12.8. The van der Waals surface area contributed by atoms with Crippen molar-refractivity contribution in [3.8, 4) is 11.6 Å². The third kappa shape index (κ3) is 5.11. The largest absolute Gasteiger partial charge is 0.378 e. The number of nitrogens with zero attached hydrogens (tertiary/aromatic N) is 2. The Balaban J connectivity index is 1.96. The zero-order valence-electron chi connectivity index (χ0n) is 15.9. The summed E-state index contributed by atoms with van der Waals surface area (Å²) in [6.45, 7) is 1.51. The molecule has 0 aliphatic rings. The van der Waals surface area contributed by atoms with E-state index in [1.54, 1.807) is 12.1 Å². The normalized spacial score (nSPS) is 11.3. The first-order valence-corrected chi connectivity index (χ1v) is 10.7. The summed E-state index contributed by atoms with van der Waals surface area (Å²) in [6, 6.07) is 11.8. The molecule has 0 bridgehead atoms. The first kappa shape index (κ1) is 22.1. The lowest BCUT2D eigenvalue weighted by molar-refractivity contribution is -0.114. The zero-order chi connectivity index (χ0) is 21.9. The number of amides is 1. The van der Waals surface area contributed by atoms with E-state index in [1.165, 1.54) is 55.1 Å². The van der Waals surface area contributed by atoms with Gasteiger partial charge in [-0.15, -0.1) is 0 Å². The first-order chi connectivity index (χ1) is 14.2. The van der Waals surface area contributed by atoms with Gasteiger partial charge in [0.15, 0.2) is 0 Å². The Morgan fingerprint density at radius 2 is 1.80 bits per heavy atom. The van der Waals surface area contributed by atoms with Crippen molar-refractivity contribution in [2.75, 3.05) is 12.4 Å². The number of carbonyl (C=O) groups excluding carboxylic acids is 1. The van der Waals surface area contributed by atoms with E-state index in [0.717, 1.165) is 0 Å². The number of aromatic nitrogens is 2. The van der Waals surface area contributed by atoms with Gasteiger partial charge in [-0.25, -0.2) is 0 Å². The quantitative estimate of drug-likeness (QED) is 0.523. The van der Waals surface area contributed by atoms with Crippen LogP contribution in [0.15, 0.2) is 53.4 Å². The van der Waals surface area contributed by atoms with Crippen molar-refractivity contribution in [3.63, 3.8) is 0 Å². The van der Waals surface area contributed by atoms with E-state index in [1.807, 2.05) is 0 Å². The van der Waals surface area contributed by atoms with Gasteiger partial charge in [0.05, 0.1) is 28.0 Å². The molecule has 1 amide bonds. The predicted octanol–water partition coefficient (Wildman–Crippen LogP) is 4.05. The Kier molecular flexibility index (Phi) is 6.67. The molecule has 1 N–H and O–H groups in total. The molecule has 0 radical (unpaired) electrons. The maximum Gasteiger partial charge on any atom is 0.340 e. The van der Waals surface area contributed by atoms with Crippen LogP contribution in [0, 0.1) is 0 Å². The van der Waals surface area contributed by atoms with Crippen molar-refractivity contribution < 1.29 is 22.1 Å². The summed E-state index contributed by atoms with van der Waals surface area (Å²) in [5, 5.41) is 7.51. The molecule has 0 saturated heterocycles. The molecule has 1 aromatic heterocycles. The second-order valence-electron chi connectivity index (χ2n) is 6.16. The summed E-state index contributed by atoms with van der Waals surface area (Å²) in [5.41, 5.74) is 1.37. The molecule has 0 saturated carbocycles. The Morgan fingerprint density at radius 3 is 2.40 bits per heavy atom. The molecule has 3 rings (SSSR count). The summed E-state index contributed by atoms with van der Waals surface area (Å²) < 4.78 is 37.3. The number of ether oxygens (including phenoxy) is 1. The highest BCUT2D eigenvalue weighted by molar-refractivity contribution is 7.87. The second kappa shape index (κ2) is 9.05. The van der Waals surface area contributed by atoms with Gasteiger partial charge in [0.25, 0.3) is 0 Å². The molecule has 0 aliphatic heterocycles. The second-order valence-corrected chi connectivity index (χ2v) is 8.52. The van der Waals surface area contributed by atoms with Crippen LogP contribution in [0.25, 0.3) is 5.69 Å². The van der Waals surface area contributed by atoms with Crippen LogP contribution in [0.5, 0.6) is 5.88 Å². The van der Waals surface area contributed by atoms with Crippen LogP contribution in [0.1, 0.15) is 12.6 Å². The van der Waals surface area contributed by atoms with Crippen molar-refractivity contribution in [1.82, 2.24) is 9.78 Å². The molecule has 11 heteroatoms. The molecular weight excluding hydrogens is 453 g/mol. The fraction of sp³-hybridized carbons (Fsp3) is 0.158. The molecular formula is C19H17Cl2N3O5S. The van der Waals surface area contributed by atoms with E-state index in [-0.39, 0.29) is 28.3 Å². The molecule has 30 heavy (non-hydrogen) atoms. The number of anilines is 1. The van der Waals surface area contributed by atoms with Crippen LogP contribution in [0.3, 0.4) is 0 Å². The van der Waals surface area contributed by atoms with Gasteiger partial charge in [-0.1, -0.05) is 23.2 Å². The van der Waals surface area contributed by atoms with Gasteiger partial charge in [0.1, 0.15) is 4.90 Å². The Bertz CT molecular complexity index is 1180.